The molecule has 1 saturated heterocycles. The standard InChI is InChI=1S/C25H39NO8/c1-16(27)18-15-19(22(28)31-7)26(23(29)34-24(2,3)4)21(18)17-10-11-25(5,32-8)20(14-17)33-13-9-12-30-6/h10-11,14,18-21H,9,12-13,15H2,1-8H3/t18-,19+,20?,21+,25?/m1/s1. The summed E-state index contributed by atoms with van der Waals surface area (Å²) in [6, 6.07) is -1.65. The largest absolute Gasteiger partial charge is 0.467 e. The minimum absolute atomic E-state index is 0.128. The third kappa shape index (κ3) is 6.46. The van der Waals surface area contributed by atoms with Crippen molar-refractivity contribution >= 4 is 17.8 Å². The summed E-state index contributed by atoms with van der Waals surface area (Å²) in [5.74, 6) is -1.32. The van der Waals surface area contributed by atoms with Crippen LogP contribution in [-0.2, 0) is 33.3 Å². The van der Waals surface area contributed by atoms with Crippen LogP contribution in [0.3, 0.4) is 0 Å². The van der Waals surface area contributed by atoms with E-state index in [1.54, 1.807) is 35.0 Å². The molecule has 0 spiro atoms. The molecular weight excluding hydrogens is 442 g/mol. The lowest BCUT2D eigenvalue weighted by atomic mass is 9.83. The van der Waals surface area contributed by atoms with Gasteiger partial charge in [0.25, 0.3) is 0 Å². The van der Waals surface area contributed by atoms with Crippen LogP contribution in [0.2, 0.25) is 0 Å². The van der Waals surface area contributed by atoms with Crippen LogP contribution in [0, 0.1) is 5.92 Å². The number of hydrogen-bond donors (Lipinski definition) is 0. The quantitative estimate of drug-likeness (QED) is 0.366. The van der Waals surface area contributed by atoms with Crippen molar-refractivity contribution in [2.75, 3.05) is 34.5 Å². The SMILES string of the molecule is COCCCOC1C=C([C@H]2[C@@H](C(C)=O)C[C@@H](C(=O)OC)N2C(=O)OC(C)(C)C)C=CC1(C)OC. The molecule has 1 fully saturated rings. The predicted octanol–water partition coefficient (Wildman–Crippen LogP) is 3.07. The zero-order chi connectivity index (χ0) is 25.7. The number of esters is 1. The Morgan fingerprint density at radius 1 is 1.15 bits per heavy atom. The van der Waals surface area contributed by atoms with Gasteiger partial charge in [-0.1, -0.05) is 6.08 Å². The van der Waals surface area contributed by atoms with E-state index in [9.17, 15) is 14.4 Å². The molecule has 1 amide bonds. The molecule has 5 atom stereocenters. The van der Waals surface area contributed by atoms with Crippen LogP contribution in [0.15, 0.2) is 23.8 Å². The smallest absolute Gasteiger partial charge is 0.411 e. The normalized spacial score (nSPS) is 29.1. The van der Waals surface area contributed by atoms with E-state index in [-0.39, 0.29) is 12.2 Å². The van der Waals surface area contributed by atoms with Gasteiger partial charge >= 0.3 is 12.1 Å². The molecule has 2 unspecified atom stereocenters. The van der Waals surface area contributed by atoms with Crippen molar-refractivity contribution in [2.24, 2.45) is 5.92 Å². The maximum absolute atomic E-state index is 13.3. The second-order valence-electron chi connectivity index (χ2n) is 9.85. The third-order valence-electron chi connectivity index (χ3n) is 6.18. The van der Waals surface area contributed by atoms with Gasteiger partial charge in [-0.05, 0) is 65.2 Å². The molecule has 1 heterocycles. The van der Waals surface area contributed by atoms with Crippen LogP contribution in [0.1, 0.15) is 47.5 Å². The first-order valence-electron chi connectivity index (χ1n) is 11.5. The van der Waals surface area contributed by atoms with Crippen LogP contribution in [0.5, 0.6) is 0 Å². The fourth-order valence-electron chi connectivity index (χ4n) is 4.31. The minimum atomic E-state index is -0.940. The number of carbonyl (C=O) groups excluding carboxylic acids is 3. The zero-order valence-corrected chi connectivity index (χ0v) is 21.6. The van der Waals surface area contributed by atoms with E-state index in [4.69, 9.17) is 23.7 Å². The van der Waals surface area contributed by atoms with Crippen LogP contribution in [0.4, 0.5) is 4.79 Å². The highest BCUT2D eigenvalue weighted by molar-refractivity contribution is 5.88. The molecule has 0 saturated carbocycles. The monoisotopic (exact) mass is 481 g/mol. The van der Waals surface area contributed by atoms with Gasteiger partial charge in [-0.15, -0.1) is 0 Å². The number of hydrogen-bond acceptors (Lipinski definition) is 8. The van der Waals surface area contributed by atoms with E-state index in [0.29, 0.717) is 25.2 Å². The van der Waals surface area contributed by atoms with E-state index in [0.717, 1.165) is 0 Å². The molecule has 9 nitrogen and oxygen atoms in total. The number of rotatable bonds is 9. The highest BCUT2D eigenvalue weighted by Gasteiger charge is 2.52. The number of nitrogens with zero attached hydrogens (tertiary/aromatic N) is 1. The molecule has 0 aromatic heterocycles. The minimum Gasteiger partial charge on any atom is -0.467 e. The Bertz CT molecular complexity index is 814. The van der Waals surface area contributed by atoms with Crippen LogP contribution in [0.25, 0.3) is 0 Å². The first kappa shape index (κ1) is 28.0. The fourth-order valence-corrected chi connectivity index (χ4v) is 4.31. The van der Waals surface area contributed by atoms with Crippen molar-refractivity contribution in [3.63, 3.8) is 0 Å². The molecule has 1 aliphatic carbocycles. The second kappa shape index (κ2) is 11.5. The summed E-state index contributed by atoms with van der Waals surface area (Å²) >= 11 is 0. The van der Waals surface area contributed by atoms with Crippen LogP contribution < -0.4 is 0 Å². The maximum Gasteiger partial charge on any atom is 0.411 e. The van der Waals surface area contributed by atoms with Crippen LogP contribution in [-0.4, -0.2) is 86.7 Å². The lowest BCUT2D eigenvalue weighted by Gasteiger charge is -2.38. The van der Waals surface area contributed by atoms with Gasteiger partial charge in [-0.3, -0.25) is 9.69 Å². The van der Waals surface area contributed by atoms with Crippen molar-refractivity contribution in [1.82, 2.24) is 4.90 Å². The number of carbonyl (C=O) groups is 3. The number of ether oxygens (including phenoxy) is 5. The molecule has 0 bridgehead atoms. The fraction of sp³-hybridized carbons (Fsp3) is 0.720. The van der Waals surface area contributed by atoms with Gasteiger partial charge in [0.1, 0.15) is 29.1 Å². The Morgan fingerprint density at radius 2 is 1.82 bits per heavy atom. The maximum atomic E-state index is 13.3. The number of likely N-dealkylation sites (tertiary alicyclic amines) is 1. The van der Waals surface area contributed by atoms with Gasteiger partial charge in [0.15, 0.2) is 0 Å². The summed E-state index contributed by atoms with van der Waals surface area (Å²) < 4.78 is 27.5. The van der Waals surface area contributed by atoms with Crippen LogP contribution >= 0.6 is 0 Å². The van der Waals surface area contributed by atoms with Gasteiger partial charge in [-0.2, -0.15) is 0 Å². The number of ketones is 1. The Hall–Kier alpha value is -2.23. The molecule has 0 aromatic carbocycles. The Morgan fingerprint density at radius 3 is 2.35 bits per heavy atom. The average molecular weight is 482 g/mol. The van der Waals surface area contributed by atoms with Crippen molar-refractivity contribution in [2.45, 2.75) is 76.9 Å². The molecule has 34 heavy (non-hydrogen) atoms. The molecule has 9 heteroatoms. The lowest BCUT2D eigenvalue weighted by Crippen LogP contribution is -2.50. The van der Waals surface area contributed by atoms with Gasteiger partial charge in [0.2, 0.25) is 0 Å². The number of Topliss-reactive ketones (excluding diaryl/α,β-unsaturated/α-hetero) is 1. The molecule has 2 aliphatic rings. The first-order chi connectivity index (χ1) is 15.9. The molecular formula is C25H39NO8. The lowest BCUT2D eigenvalue weighted by molar-refractivity contribution is -0.146. The summed E-state index contributed by atoms with van der Waals surface area (Å²) in [6.07, 6.45) is 5.26. The van der Waals surface area contributed by atoms with Gasteiger partial charge in [0.05, 0.1) is 13.2 Å². The van der Waals surface area contributed by atoms with Gasteiger partial charge in [-0.25, -0.2) is 9.59 Å². The van der Waals surface area contributed by atoms with E-state index < -0.39 is 47.4 Å². The molecule has 0 radical (unpaired) electrons. The number of methoxy groups -OCH3 is 3. The molecule has 192 valence electrons. The third-order valence-corrected chi connectivity index (χ3v) is 6.18. The summed E-state index contributed by atoms with van der Waals surface area (Å²) in [4.78, 5) is 39.9. The van der Waals surface area contributed by atoms with Crippen molar-refractivity contribution < 1.29 is 38.1 Å². The van der Waals surface area contributed by atoms with E-state index in [1.807, 2.05) is 25.2 Å². The Kier molecular flexibility index (Phi) is 9.45. The van der Waals surface area contributed by atoms with E-state index in [2.05, 4.69) is 0 Å². The van der Waals surface area contributed by atoms with Crippen molar-refractivity contribution in [1.29, 1.82) is 0 Å². The molecule has 0 N–H and O–H groups in total. The predicted molar refractivity (Wildman–Crippen MR) is 125 cm³/mol. The molecule has 1 aliphatic heterocycles. The average Bonchev–Trinajstić information content (AvgIpc) is 3.17. The first-order valence-corrected chi connectivity index (χ1v) is 11.5. The van der Waals surface area contributed by atoms with Crippen molar-refractivity contribution in [3.05, 3.63) is 23.8 Å². The zero-order valence-electron chi connectivity index (χ0n) is 21.6. The summed E-state index contributed by atoms with van der Waals surface area (Å²) in [6.45, 7) is 9.62. The topological polar surface area (TPSA) is 101 Å². The summed E-state index contributed by atoms with van der Waals surface area (Å²) in [7, 11) is 4.49. The van der Waals surface area contributed by atoms with Gasteiger partial charge < -0.3 is 23.7 Å². The highest BCUT2D eigenvalue weighted by atomic mass is 16.6. The highest BCUT2D eigenvalue weighted by Crippen LogP contribution is 2.40. The number of amides is 1. The van der Waals surface area contributed by atoms with Crippen molar-refractivity contribution in [3.8, 4) is 0 Å². The molecule has 0 aromatic rings. The summed E-state index contributed by atoms with van der Waals surface area (Å²) in [5.41, 5.74) is -0.835. The van der Waals surface area contributed by atoms with E-state index in [1.165, 1.54) is 18.9 Å². The van der Waals surface area contributed by atoms with E-state index >= 15 is 0 Å². The second-order valence-corrected chi connectivity index (χ2v) is 9.85. The molecule has 2 rings (SSSR count). The Balaban J connectivity index is 2.49. The van der Waals surface area contributed by atoms with Gasteiger partial charge in [0, 0.05) is 33.4 Å². The summed E-state index contributed by atoms with van der Waals surface area (Å²) in [5, 5.41) is 0. The Labute approximate surface area is 202 Å².